The van der Waals surface area contributed by atoms with Crippen LogP contribution in [0.25, 0.3) is 0 Å². The molecule has 76 valence electrons. The van der Waals surface area contributed by atoms with Crippen molar-refractivity contribution in [1.29, 1.82) is 0 Å². The molecule has 1 fully saturated rings. The van der Waals surface area contributed by atoms with E-state index in [1.165, 1.54) is 0 Å². The topological polar surface area (TPSA) is 71.2 Å². The normalized spacial score (nSPS) is 18.6. The first-order valence-electron chi connectivity index (χ1n) is 4.85. The van der Waals surface area contributed by atoms with Gasteiger partial charge in [0, 0.05) is 12.7 Å². The van der Waals surface area contributed by atoms with Crippen molar-refractivity contribution >= 4 is 11.4 Å². The Morgan fingerprint density at radius 2 is 2.36 bits per heavy atom. The Kier molecular flexibility index (Phi) is 2.29. The standard InChI is InChI=1S/C10H15N3O/c11-8-6-12-5-2-9(8)13-7-10(14)3-1-4-10/h2,5-6,14H,1,3-4,7,11H2,(H,12,13). The molecule has 1 aromatic heterocycles. The van der Waals surface area contributed by atoms with Crippen LogP contribution in [-0.4, -0.2) is 22.2 Å². The van der Waals surface area contributed by atoms with E-state index in [-0.39, 0.29) is 0 Å². The average Bonchev–Trinajstić information content (AvgIpc) is 2.14. The Balaban J connectivity index is 1.95. The first kappa shape index (κ1) is 9.27. The predicted molar refractivity (Wildman–Crippen MR) is 55.9 cm³/mol. The van der Waals surface area contributed by atoms with E-state index in [1.807, 2.05) is 6.07 Å². The average molecular weight is 193 g/mol. The maximum absolute atomic E-state index is 9.84. The molecule has 1 aliphatic carbocycles. The molecule has 0 bridgehead atoms. The second-order valence-electron chi connectivity index (χ2n) is 3.89. The second kappa shape index (κ2) is 3.46. The first-order chi connectivity index (χ1) is 6.70. The van der Waals surface area contributed by atoms with Gasteiger partial charge in [0.2, 0.25) is 0 Å². The lowest BCUT2D eigenvalue weighted by Crippen LogP contribution is -2.43. The summed E-state index contributed by atoms with van der Waals surface area (Å²) < 4.78 is 0. The van der Waals surface area contributed by atoms with Crippen LogP contribution < -0.4 is 11.1 Å². The third kappa shape index (κ3) is 1.80. The molecular formula is C10H15N3O. The van der Waals surface area contributed by atoms with E-state index >= 15 is 0 Å². The van der Waals surface area contributed by atoms with E-state index in [9.17, 15) is 5.11 Å². The van der Waals surface area contributed by atoms with Gasteiger partial charge in [-0.2, -0.15) is 0 Å². The summed E-state index contributed by atoms with van der Waals surface area (Å²) in [6.45, 7) is 0.571. The Bertz CT molecular complexity index is 323. The molecule has 2 rings (SSSR count). The Morgan fingerprint density at radius 3 is 2.93 bits per heavy atom. The van der Waals surface area contributed by atoms with Gasteiger partial charge in [0.25, 0.3) is 0 Å². The molecule has 1 heterocycles. The highest BCUT2D eigenvalue weighted by atomic mass is 16.3. The number of nitrogens with two attached hydrogens (primary N) is 1. The SMILES string of the molecule is Nc1cnccc1NCC1(O)CCC1. The fourth-order valence-electron chi connectivity index (χ4n) is 1.59. The zero-order valence-corrected chi connectivity index (χ0v) is 8.03. The molecule has 0 aliphatic heterocycles. The summed E-state index contributed by atoms with van der Waals surface area (Å²) in [5.41, 5.74) is 6.65. The first-order valence-corrected chi connectivity index (χ1v) is 4.85. The second-order valence-corrected chi connectivity index (χ2v) is 3.89. The van der Waals surface area contributed by atoms with E-state index < -0.39 is 5.60 Å². The zero-order chi connectivity index (χ0) is 10.0. The van der Waals surface area contributed by atoms with Gasteiger partial charge in [-0.3, -0.25) is 4.98 Å². The number of pyridine rings is 1. The van der Waals surface area contributed by atoms with Crippen molar-refractivity contribution in [1.82, 2.24) is 4.98 Å². The number of nitrogen functional groups attached to an aromatic ring is 1. The number of hydrogen-bond acceptors (Lipinski definition) is 4. The van der Waals surface area contributed by atoms with Crippen LogP contribution in [0.3, 0.4) is 0 Å². The summed E-state index contributed by atoms with van der Waals surface area (Å²) in [4.78, 5) is 3.90. The summed E-state index contributed by atoms with van der Waals surface area (Å²) in [6.07, 6.45) is 6.16. The van der Waals surface area contributed by atoms with Crippen LogP contribution in [0.15, 0.2) is 18.5 Å². The van der Waals surface area contributed by atoms with E-state index in [2.05, 4.69) is 10.3 Å². The summed E-state index contributed by atoms with van der Waals surface area (Å²) in [5.74, 6) is 0. The third-order valence-corrected chi connectivity index (χ3v) is 2.74. The van der Waals surface area contributed by atoms with E-state index in [1.54, 1.807) is 12.4 Å². The number of hydrogen-bond donors (Lipinski definition) is 3. The minimum atomic E-state index is -0.518. The van der Waals surface area contributed by atoms with Crippen LogP contribution in [0.4, 0.5) is 11.4 Å². The zero-order valence-electron chi connectivity index (χ0n) is 8.03. The molecule has 0 atom stereocenters. The Labute approximate surface area is 83.2 Å². The molecule has 0 saturated heterocycles. The summed E-state index contributed by atoms with van der Waals surface area (Å²) in [7, 11) is 0. The highest BCUT2D eigenvalue weighted by Crippen LogP contribution is 2.32. The van der Waals surface area contributed by atoms with Crippen molar-refractivity contribution < 1.29 is 5.11 Å². The number of aromatic nitrogens is 1. The molecule has 14 heavy (non-hydrogen) atoms. The summed E-state index contributed by atoms with van der Waals surface area (Å²) in [6, 6.07) is 1.82. The summed E-state index contributed by atoms with van der Waals surface area (Å²) in [5, 5.41) is 13.0. The van der Waals surface area contributed by atoms with Gasteiger partial charge in [-0.25, -0.2) is 0 Å². The minimum Gasteiger partial charge on any atom is -0.396 e. The lowest BCUT2D eigenvalue weighted by atomic mass is 9.80. The number of nitrogens with zero attached hydrogens (tertiary/aromatic N) is 1. The van der Waals surface area contributed by atoms with Gasteiger partial charge in [-0.1, -0.05) is 0 Å². The number of rotatable bonds is 3. The van der Waals surface area contributed by atoms with E-state index in [4.69, 9.17) is 5.73 Å². The van der Waals surface area contributed by atoms with Crippen molar-refractivity contribution in [3.05, 3.63) is 18.5 Å². The molecule has 1 saturated carbocycles. The van der Waals surface area contributed by atoms with Gasteiger partial charge in [0.15, 0.2) is 0 Å². The van der Waals surface area contributed by atoms with Crippen molar-refractivity contribution in [3.8, 4) is 0 Å². The molecule has 0 radical (unpaired) electrons. The molecule has 0 amide bonds. The molecule has 4 nitrogen and oxygen atoms in total. The van der Waals surface area contributed by atoms with Crippen molar-refractivity contribution in [2.24, 2.45) is 0 Å². The Morgan fingerprint density at radius 1 is 1.57 bits per heavy atom. The predicted octanol–water partition coefficient (Wildman–Crippen LogP) is 0.991. The third-order valence-electron chi connectivity index (χ3n) is 2.74. The van der Waals surface area contributed by atoms with Crippen LogP contribution in [0.1, 0.15) is 19.3 Å². The lowest BCUT2D eigenvalue weighted by molar-refractivity contribution is -0.0201. The van der Waals surface area contributed by atoms with Crippen LogP contribution in [0.2, 0.25) is 0 Å². The van der Waals surface area contributed by atoms with Crippen LogP contribution in [0.5, 0.6) is 0 Å². The Hall–Kier alpha value is -1.29. The summed E-state index contributed by atoms with van der Waals surface area (Å²) >= 11 is 0. The minimum absolute atomic E-state index is 0.518. The molecule has 1 aromatic rings. The lowest BCUT2D eigenvalue weighted by Gasteiger charge is -2.36. The van der Waals surface area contributed by atoms with Crippen molar-refractivity contribution in [2.75, 3.05) is 17.6 Å². The monoisotopic (exact) mass is 193 g/mol. The van der Waals surface area contributed by atoms with Crippen molar-refractivity contribution in [2.45, 2.75) is 24.9 Å². The van der Waals surface area contributed by atoms with Gasteiger partial charge in [-0.05, 0) is 25.3 Å². The van der Waals surface area contributed by atoms with Gasteiger partial charge in [0.1, 0.15) is 0 Å². The van der Waals surface area contributed by atoms with Gasteiger partial charge < -0.3 is 16.2 Å². The fraction of sp³-hybridized carbons (Fsp3) is 0.500. The van der Waals surface area contributed by atoms with Gasteiger partial charge in [-0.15, -0.1) is 0 Å². The number of nitrogens with one attached hydrogen (secondary N) is 1. The number of anilines is 2. The molecule has 0 aromatic carbocycles. The maximum atomic E-state index is 9.84. The van der Waals surface area contributed by atoms with Crippen LogP contribution in [0, 0.1) is 0 Å². The molecule has 1 aliphatic rings. The maximum Gasteiger partial charge on any atom is 0.0819 e. The van der Waals surface area contributed by atoms with Crippen molar-refractivity contribution in [3.63, 3.8) is 0 Å². The molecule has 4 N–H and O–H groups in total. The quantitative estimate of drug-likeness (QED) is 0.669. The molecule has 0 spiro atoms. The van der Waals surface area contributed by atoms with Crippen LogP contribution in [-0.2, 0) is 0 Å². The fourth-order valence-corrected chi connectivity index (χ4v) is 1.59. The molecule has 0 unspecified atom stereocenters. The smallest absolute Gasteiger partial charge is 0.0819 e. The molecule has 4 heteroatoms. The van der Waals surface area contributed by atoms with Gasteiger partial charge >= 0.3 is 0 Å². The highest BCUT2D eigenvalue weighted by Gasteiger charge is 2.33. The molecular weight excluding hydrogens is 178 g/mol. The van der Waals surface area contributed by atoms with Gasteiger partial charge in [0.05, 0.1) is 23.2 Å². The van der Waals surface area contributed by atoms with E-state index in [0.717, 1.165) is 24.9 Å². The number of aliphatic hydroxyl groups is 1. The largest absolute Gasteiger partial charge is 0.396 e. The van der Waals surface area contributed by atoms with Crippen LogP contribution >= 0.6 is 0 Å². The highest BCUT2D eigenvalue weighted by molar-refractivity contribution is 5.64. The van der Waals surface area contributed by atoms with E-state index in [0.29, 0.717) is 12.2 Å².